The van der Waals surface area contributed by atoms with Crippen LogP contribution in [0, 0.1) is 5.92 Å². The number of alkyl halides is 1. The van der Waals surface area contributed by atoms with Crippen LogP contribution < -0.4 is 10.1 Å². The maximum Gasteiger partial charge on any atom is 0.251 e. The largest absolute Gasteiger partial charge is 0.494 e. The highest BCUT2D eigenvalue weighted by atomic mass is 35.5. The van der Waals surface area contributed by atoms with Crippen LogP contribution in [0.3, 0.4) is 0 Å². The number of carbonyl (C=O) groups excluding carboxylic acids is 1. The summed E-state index contributed by atoms with van der Waals surface area (Å²) in [5, 5.41) is 2.98. The van der Waals surface area contributed by atoms with Crippen molar-refractivity contribution >= 4 is 17.5 Å². The summed E-state index contributed by atoms with van der Waals surface area (Å²) in [6.45, 7) is 5.40. The predicted molar refractivity (Wildman–Crippen MR) is 83.7 cm³/mol. The summed E-state index contributed by atoms with van der Waals surface area (Å²) in [6, 6.07) is 7.22. The Kier molecular flexibility index (Phi) is 8.12. The fourth-order valence-corrected chi connectivity index (χ4v) is 2.43. The van der Waals surface area contributed by atoms with Crippen LogP contribution in [0.4, 0.5) is 0 Å². The number of amides is 1. The quantitative estimate of drug-likeness (QED) is 0.703. The molecule has 20 heavy (non-hydrogen) atoms. The molecule has 0 fully saturated rings. The van der Waals surface area contributed by atoms with E-state index in [1.54, 1.807) is 12.1 Å². The first-order valence-electron chi connectivity index (χ1n) is 7.28. The normalized spacial score (nSPS) is 11.9. The van der Waals surface area contributed by atoms with Gasteiger partial charge in [-0.2, -0.15) is 0 Å². The number of rotatable bonds is 9. The zero-order valence-corrected chi connectivity index (χ0v) is 13.1. The molecule has 3 nitrogen and oxygen atoms in total. The summed E-state index contributed by atoms with van der Waals surface area (Å²) in [7, 11) is 0. The van der Waals surface area contributed by atoms with Crippen LogP contribution in [-0.4, -0.2) is 24.9 Å². The Morgan fingerprint density at radius 3 is 2.50 bits per heavy atom. The molecule has 0 aliphatic heterocycles. The summed E-state index contributed by atoms with van der Waals surface area (Å²) >= 11 is 5.78. The standard InChI is InChI=1S/C16H24ClNO2/c1-3-5-13(10-11-17)12-18-16(19)14-6-8-15(9-7-14)20-4-2/h6-9,13H,3-5,10-12H2,1-2H3,(H,18,19). The fourth-order valence-electron chi connectivity index (χ4n) is 2.12. The second-order valence-electron chi connectivity index (χ2n) is 4.80. The Bertz CT molecular complexity index is 386. The molecule has 1 unspecified atom stereocenters. The van der Waals surface area contributed by atoms with Crippen LogP contribution in [-0.2, 0) is 0 Å². The lowest BCUT2D eigenvalue weighted by Gasteiger charge is -2.15. The maximum absolute atomic E-state index is 12.0. The molecular formula is C16H24ClNO2. The number of carbonyl (C=O) groups is 1. The predicted octanol–water partition coefficient (Wildman–Crippen LogP) is 3.86. The van der Waals surface area contributed by atoms with Crippen molar-refractivity contribution in [3.8, 4) is 5.75 Å². The molecule has 0 aliphatic rings. The number of nitrogens with one attached hydrogen (secondary N) is 1. The van der Waals surface area contributed by atoms with Gasteiger partial charge < -0.3 is 10.1 Å². The molecule has 112 valence electrons. The zero-order chi connectivity index (χ0) is 14.8. The Hall–Kier alpha value is -1.22. The third kappa shape index (κ3) is 5.83. The molecule has 1 N–H and O–H groups in total. The second-order valence-corrected chi connectivity index (χ2v) is 5.18. The van der Waals surface area contributed by atoms with Gasteiger partial charge in [0.2, 0.25) is 0 Å². The third-order valence-corrected chi connectivity index (χ3v) is 3.41. The molecule has 1 rings (SSSR count). The fraction of sp³-hybridized carbons (Fsp3) is 0.562. The molecule has 1 aromatic carbocycles. The highest BCUT2D eigenvalue weighted by Gasteiger charge is 2.10. The van der Waals surface area contributed by atoms with Crippen LogP contribution in [0.25, 0.3) is 0 Å². The smallest absolute Gasteiger partial charge is 0.251 e. The Labute approximate surface area is 126 Å². The molecule has 1 amide bonds. The van der Waals surface area contributed by atoms with Crippen molar-refractivity contribution in [3.05, 3.63) is 29.8 Å². The van der Waals surface area contributed by atoms with Crippen LogP contribution >= 0.6 is 11.6 Å². The monoisotopic (exact) mass is 297 g/mol. The Morgan fingerprint density at radius 2 is 1.95 bits per heavy atom. The number of halogens is 1. The van der Waals surface area contributed by atoms with Gasteiger partial charge in [0.15, 0.2) is 0 Å². The van der Waals surface area contributed by atoms with E-state index in [1.807, 2.05) is 19.1 Å². The number of hydrogen-bond acceptors (Lipinski definition) is 2. The highest BCUT2D eigenvalue weighted by molar-refractivity contribution is 6.17. The Morgan fingerprint density at radius 1 is 1.25 bits per heavy atom. The van der Waals surface area contributed by atoms with E-state index in [4.69, 9.17) is 16.3 Å². The summed E-state index contributed by atoms with van der Waals surface area (Å²) in [6.07, 6.45) is 3.15. The topological polar surface area (TPSA) is 38.3 Å². The van der Waals surface area contributed by atoms with Gasteiger partial charge in [0.25, 0.3) is 5.91 Å². The summed E-state index contributed by atoms with van der Waals surface area (Å²) < 4.78 is 5.36. The van der Waals surface area contributed by atoms with E-state index in [9.17, 15) is 4.79 Å². The van der Waals surface area contributed by atoms with Crippen molar-refractivity contribution < 1.29 is 9.53 Å². The lowest BCUT2D eigenvalue weighted by Crippen LogP contribution is -2.29. The Balaban J connectivity index is 2.48. The molecule has 0 radical (unpaired) electrons. The molecule has 0 saturated carbocycles. The molecule has 0 spiro atoms. The lowest BCUT2D eigenvalue weighted by atomic mass is 10.0. The molecule has 0 bridgehead atoms. The molecule has 0 saturated heterocycles. The first-order valence-corrected chi connectivity index (χ1v) is 7.81. The number of hydrogen-bond donors (Lipinski definition) is 1. The van der Waals surface area contributed by atoms with Crippen LogP contribution in [0.2, 0.25) is 0 Å². The van der Waals surface area contributed by atoms with Gasteiger partial charge in [0.05, 0.1) is 6.61 Å². The van der Waals surface area contributed by atoms with Gasteiger partial charge in [-0.3, -0.25) is 4.79 Å². The summed E-state index contributed by atoms with van der Waals surface area (Å²) in [5.74, 6) is 1.85. The van der Waals surface area contributed by atoms with Crippen molar-refractivity contribution in [2.75, 3.05) is 19.0 Å². The summed E-state index contributed by atoms with van der Waals surface area (Å²) in [4.78, 5) is 12.0. The van der Waals surface area contributed by atoms with E-state index in [0.29, 0.717) is 30.5 Å². The first kappa shape index (κ1) is 16.8. The van der Waals surface area contributed by atoms with Crippen LogP contribution in [0.5, 0.6) is 5.75 Å². The molecule has 0 aromatic heterocycles. The lowest BCUT2D eigenvalue weighted by molar-refractivity contribution is 0.0946. The number of benzene rings is 1. The van der Waals surface area contributed by atoms with E-state index in [-0.39, 0.29) is 5.91 Å². The number of ether oxygens (including phenoxy) is 1. The SMILES string of the molecule is CCCC(CCCl)CNC(=O)c1ccc(OCC)cc1. The minimum atomic E-state index is -0.0382. The first-order chi connectivity index (χ1) is 9.71. The van der Waals surface area contributed by atoms with Crippen LogP contribution in [0.1, 0.15) is 43.5 Å². The third-order valence-electron chi connectivity index (χ3n) is 3.19. The van der Waals surface area contributed by atoms with Crippen molar-refractivity contribution in [1.29, 1.82) is 0 Å². The molecule has 4 heteroatoms. The van der Waals surface area contributed by atoms with E-state index < -0.39 is 0 Å². The van der Waals surface area contributed by atoms with E-state index in [0.717, 1.165) is 25.0 Å². The minimum Gasteiger partial charge on any atom is -0.494 e. The average Bonchev–Trinajstić information content (AvgIpc) is 2.46. The summed E-state index contributed by atoms with van der Waals surface area (Å²) in [5.41, 5.74) is 0.662. The van der Waals surface area contributed by atoms with Gasteiger partial charge in [-0.1, -0.05) is 13.3 Å². The van der Waals surface area contributed by atoms with E-state index >= 15 is 0 Å². The molecular weight excluding hydrogens is 274 g/mol. The van der Waals surface area contributed by atoms with Gasteiger partial charge >= 0.3 is 0 Å². The van der Waals surface area contributed by atoms with Gasteiger partial charge in [0.1, 0.15) is 5.75 Å². The molecule has 0 heterocycles. The van der Waals surface area contributed by atoms with Gasteiger partial charge in [-0.15, -0.1) is 11.6 Å². The van der Waals surface area contributed by atoms with Crippen molar-refractivity contribution in [1.82, 2.24) is 5.32 Å². The average molecular weight is 298 g/mol. The molecule has 1 atom stereocenters. The van der Waals surface area contributed by atoms with Gasteiger partial charge in [-0.25, -0.2) is 0 Å². The molecule has 0 aliphatic carbocycles. The zero-order valence-electron chi connectivity index (χ0n) is 12.3. The molecule has 1 aromatic rings. The van der Waals surface area contributed by atoms with E-state index in [1.165, 1.54) is 0 Å². The van der Waals surface area contributed by atoms with Gasteiger partial charge in [0, 0.05) is 18.0 Å². The van der Waals surface area contributed by atoms with Crippen molar-refractivity contribution in [2.24, 2.45) is 5.92 Å². The van der Waals surface area contributed by atoms with E-state index in [2.05, 4.69) is 12.2 Å². The minimum absolute atomic E-state index is 0.0382. The highest BCUT2D eigenvalue weighted by Crippen LogP contribution is 2.13. The maximum atomic E-state index is 12.0. The van der Waals surface area contributed by atoms with Crippen molar-refractivity contribution in [2.45, 2.75) is 33.1 Å². The van der Waals surface area contributed by atoms with Crippen molar-refractivity contribution in [3.63, 3.8) is 0 Å². The van der Waals surface area contributed by atoms with Gasteiger partial charge in [-0.05, 0) is 49.9 Å². The second kappa shape index (κ2) is 9.65. The van der Waals surface area contributed by atoms with Crippen LogP contribution in [0.15, 0.2) is 24.3 Å².